The zero-order valence-corrected chi connectivity index (χ0v) is 15.2. The minimum atomic E-state index is -0.0560. The van der Waals surface area contributed by atoms with Crippen molar-refractivity contribution in [3.05, 3.63) is 53.1 Å². The quantitative estimate of drug-likeness (QED) is 0.798. The molecule has 2 aromatic rings. The van der Waals surface area contributed by atoms with E-state index in [0.29, 0.717) is 31.1 Å². The van der Waals surface area contributed by atoms with Crippen molar-refractivity contribution >= 4 is 5.91 Å². The van der Waals surface area contributed by atoms with Gasteiger partial charge < -0.3 is 19.5 Å². The number of hydrogen-bond donors (Lipinski definition) is 1. The SMILES string of the molecule is COc1ccc(CNC(=O)CCOc2ccc(C)cc2C)cc1OC. The van der Waals surface area contributed by atoms with Crippen LogP contribution in [-0.4, -0.2) is 26.7 Å². The van der Waals surface area contributed by atoms with Crippen LogP contribution in [0.15, 0.2) is 36.4 Å². The molecule has 1 amide bonds. The maximum absolute atomic E-state index is 12.0. The van der Waals surface area contributed by atoms with Crippen LogP contribution in [0.2, 0.25) is 0 Å². The average Bonchev–Trinajstić information content (AvgIpc) is 2.61. The van der Waals surface area contributed by atoms with Gasteiger partial charge in [0.1, 0.15) is 5.75 Å². The largest absolute Gasteiger partial charge is 0.493 e. The fraction of sp³-hybridized carbons (Fsp3) is 0.350. The molecule has 0 fully saturated rings. The van der Waals surface area contributed by atoms with E-state index in [-0.39, 0.29) is 5.91 Å². The van der Waals surface area contributed by atoms with E-state index in [1.807, 2.05) is 44.2 Å². The normalized spacial score (nSPS) is 10.2. The molecule has 0 unspecified atom stereocenters. The number of amides is 1. The van der Waals surface area contributed by atoms with Gasteiger partial charge >= 0.3 is 0 Å². The molecule has 0 saturated heterocycles. The van der Waals surface area contributed by atoms with E-state index < -0.39 is 0 Å². The summed E-state index contributed by atoms with van der Waals surface area (Å²) in [7, 11) is 3.18. The zero-order valence-electron chi connectivity index (χ0n) is 15.2. The Hall–Kier alpha value is -2.69. The second-order valence-corrected chi connectivity index (χ2v) is 5.83. The highest BCUT2D eigenvalue weighted by Gasteiger charge is 2.07. The summed E-state index contributed by atoms with van der Waals surface area (Å²) in [6.45, 7) is 4.82. The molecule has 2 rings (SSSR count). The molecule has 0 spiro atoms. The molecule has 0 atom stereocenters. The first kappa shape index (κ1) is 18.6. The van der Waals surface area contributed by atoms with E-state index >= 15 is 0 Å². The minimum absolute atomic E-state index is 0.0560. The lowest BCUT2D eigenvalue weighted by atomic mass is 10.1. The predicted octanol–water partition coefficient (Wildman–Crippen LogP) is 3.41. The number of ether oxygens (including phenoxy) is 3. The first-order chi connectivity index (χ1) is 12.0. The van der Waals surface area contributed by atoms with Gasteiger partial charge in [0.05, 0.1) is 27.2 Å². The van der Waals surface area contributed by atoms with Crippen molar-refractivity contribution in [1.82, 2.24) is 5.32 Å². The highest BCUT2D eigenvalue weighted by Crippen LogP contribution is 2.27. The Morgan fingerprint density at radius 2 is 1.68 bits per heavy atom. The molecule has 25 heavy (non-hydrogen) atoms. The third kappa shape index (κ3) is 5.41. The number of benzene rings is 2. The molecule has 0 aliphatic heterocycles. The zero-order chi connectivity index (χ0) is 18.2. The number of carbonyl (C=O) groups excluding carboxylic acids is 1. The molecule has 5 nitrogen and oxygen atoms in total. The van der Waals surface area contributed by atoms with Crippen LogP contribution >= 0.6 is 0 Å². The van der Waals surface area contributed by atoms with Crippen LogP contribution in [0.25, 0.3) is 0 Å². The average molecular weight is 343 g/mol. The Morgan fingerprint density at radius 3 is 2.36 bits per heavy atom. The number of rotatable bonds is 8. The van der Waals surface area contributed by atoms with Gasteiger partial charge in [-0.3, -0.25) is 4.79 Å². The summed E-state index contributed by atoms with van der Waals surface area (Å²) in [6.07, 6.45) is 0.306. The smallest absolute Gasteiger partial charge is 0.223 e. The van der Waals surface area contributed by atoms with Crippen molar-refractivity contribution in [2.75, 3.05) is 20.8 Å². The van der Waals surface area contributed by atoms with Crippen molar-refractivity contribution in [3.63, 3.8) is 0 Å². The predicted molar refractivity (Wildman–Crippen MR) is 97.4 cm³/mol. The maximum atomic E-state index is 12.0. The number of hydrogen-bond acceptors (Lipinski definition) is 4. The Labute approximate surface area is 148 Å². The number of methoxy groups -OCH3 is 2. The van der Waals surface area contributed by atoms with E-state index in [9.17, 15) is 4.79 Å². The van der Waals surface area contributed by atoms with Gasteiger partial charge in [0.25, 0.3) is 0 Å². The van der Waals surface area contributed by atoms with E-state index in [1.165, 1.54) is 5.56 Å². The molecule has 0 aliphatic rings. The van der Waals surface area contributed by atoms with Crippen LogP contribution in [0, 0.1) is 13.8 Å². The third-order valence-corrected chi connectivity index (χ3v) is 3.85. The lowest BCUT2D eigenvalue weighted by molar-refractivity contribution is -0.121. The molecule has 0 aromatic heterocycles. The summed E-state index contributed by atoms with van der Waals surface area (Å²) in [5.41, 5.74) is 3.21. The van der Waals surface area contributed by atoms with E-state index in [1.54, 1.807) is 14.2 Å². The fourth-order valence-corrected chi connectivity index (χ4v) is 2.49. The fourth-order valence-electron chi connectivity index (χ4n) is 2.49. The molecule has 0 radical (unpaired) electrons. The Bertz CT molecular complexity index is 728. The van der Waals surface area contributed by atoms with Crippen LogP contribution < -0.4 is 19.5 Å². The van der Waals surface area contributed by atoms with Crippen molar-refractivity contribution in [1.29, 1.82) is 0 Å². The van der Waals surface area contributed by atoms with Gasteiger partial charge in [0, 0.05) is 6.54 Å². The third-order valence-electron chi connectivity index (χ3n) is 3.85. The molecule has 0 saturated carbocycles. The van der Waals surface area contributed by atoms with Crippen molar-refractivity contribution in [2.45, 2.75) is 26.8 Å². The highest BCUT2D eigenvalue weighted by atomic mass is 16.5. The maximum Gasteiger partial charge on any atom is 0.223 e. The molecule has 5 heteroatoms. The first-order valence-corrected chi connectivity index (χ1v) is 8.21. The standard InChI is InChI=1S/C20H25NO4/c1-14-5-7-17(15(2)11-14)25-10-9-20(22)21-13-16-6-8-18(23-3)19(12-16)24-4/h5-8,11-12H,9-10,13H2,1-4H3,(H,21,22). The summed E-state index contributed by atoms with van der Waals surface area (Å²) in [5, 5.41) is 2.88. The molecular weight excluding hydrogens is 318 g/mol. The van der Waals surface area contributed by atoms with Crippen LogP contribution in [-0.2, 0) is 11.3 Å². The lowest BCUT2D eigenvalue weighted by Crippen LogP contribution is -2.24. The van der Waals surface area contributed by atoms with Crippen LogP contribution in [0.3, 0.4) is 0 Å². The summed E-state index contributed by atoms with van der Waals surface area (Å²) >= 11 is 0. The summed E-state index contributed by atoms with van der Waals surface area (Å²) in [4.78, 5) is 12.0. The van der Waals surface area contributed by atoms with Crippen LogP contribution in [0.1, 0.15) is 23.1 Å². The number of nitrogens with one attached hydrogen (secondary N) is 1. The van der Waals surface area contributed by atoms with Gasteiger partial charge in [0.2, 0.25) is 5.91 Å². The van der Waals surface area contributed by atoms with E-state index in [0.717, 1.165) is 16.9 Å². The molecular formula is C20H25NO4. The number of aryl methyl sites for hydroxylation is 2. The van der Waals surface area contributed by atoms with E-state index in [4.69, 9.17) is 14.2 Å². The monoisotopic (exact) mass is 343 g/mol. The van der Waals surface area contributed by atoms with Gasteiger partial charge in [-0.1, -0.05) is 23.8 Å². The molecule has 0 bridgehead atoms. The van der Waals surface area contributed by atoms with Gasteiger partial charge in [-0.25, -0.2) is 0 Å². The molecule has 0 heterocycles. The Morgan fingerprint density at radius 1 is 0.960 bits per heavy atom. The van der Waals surface area contributed by atoms with Gasteiger partial charge in [-0.05, 0) is 43.2 Å². The van der Waals surface area contributed by atoms with Gasteiger partial charge in [-0.15, -0.1) is 0 Å². The highest BCUT2D eigenvalue weighted by molar-refractivity contribution is 5.76. The van der Waals surface area contributed by atoms with Gasteiger partial charge in [-0.2, -0.15) is 0 Å². The Kier molecular flexibility index (Phi) is 6.69. The summed E-state index contributed by atoms with van der Waals surface area (Å²) in [5.74, 6) is 2.07. The van der Waals surface area contributed by atoms with Crippen LogP contribution in [0.5, 0.6) is 17.2 Å². The lowest BCUT2D eigenvalue weighted by Gasteiger charge is -2.11. The van der Waals surface area contributed by atoms with E-state index in [2.05, 4.69) is 11.4 Å². The molecule has 2 aromatic carbocycles. The van der Waals surface area contributed by atoms with Crippen molar-refractivity contribution in [2.24, 2.45) is 0 Å². The molecule has 0 aliphatic carbocycles. The summed E-state index contributed by atoms with van der Waals surface area (Å²) in [6, 6.07) is 11.6. The summed E-state index contributed by atoms with van der Waals surface area (Å²) < 4.78 is 16.1. The van der Waals surface area contributed by atoms with Crippen molar-refractivity contribution < 1.29 is 19.0 Å². The minimum Gasteiger partial charge on any atom is -0.493 e. The Balaban J connectivity index is 1.79. The number of carbonyl (C=O) groups is 1. The second-order valence-electron chi connectivity index (χ2n) is 5.83. The molecule has 1 N–H and O–H groups in total. The topological polar surface area (TPSA) is 56.8 Å². The van der Waals surface area contributed by atoms with Crippen LogP contribution in [0.4, 0.5) is 0 Å². The second kappa shape index (κ2) is 8.97. The first-order valence-electron chi connectivity index (χ1n) is 8.21. The van der Waals surface area contributed by atoms with Gasteiger partial charge in [0.15, 0.2) is 11.5 Å². The van der Waals surface area contributed by atoms with Crippen molar-refractivity contribution in [3.8, 4) is 17.2 Å². The molecule has 134 valence electrons.